The van der Waals surface area contributed by atoms with Gasteiger partial charge in [0.2, 0.25) is 0 Å². The van der Waals surface area contributed by atoms with E-state index in [1.165, 1.54) is 0 Å². The molecule has 2 rings (SSSR count). The van der Waals surface area contributed by atoms with Gasteiger partial charge in [-0.3, -0.25) is 4.98 Å². The van der Waals surface area contributed by atoms with Crippen molar-refractivity contribution in [3.63, 3.8) is 0 Å². The molecule has 0 aliphatic rings. The maximum atomic E-state index is 10.4. The molecule has 0 fully saturated rings. The summed E-state index contributed by atoms with van der Waals surface area (Å²) in [6, 6.07) is 10.7. The molecule has 102 valence electrons. The summed E-state index contributed by atoms with van der Waals surface area (Å²) >= 11 is 0. The molecule has 1 unspecified atom stereocenters. The van der Waals surface area contributed by atoms with E-state index >= 15 is 0 Å². The molecule has 0 aliphatic carbocycles. The van der Waals surface area contributed by atoms with Crippen LogP contribution in [-0.2, 0) is 0 Å². The SMILES string of the molecule is CC(C)Oc1cncc(C(O)c2cccc(C#N)c2)c1. The zero-order chi connectivity index (χ0) is 14.5. The second-order valence-corrected chi connectivity index (χ2v) is 4.76. The van der Waals surface area contributed by atoms with Gasteiger partial charge in [-0.15, -0.1) is 0 Å². The number of ether oxygens (including phenoxy) is 1. The Labute approximate surface area is 118 Å². The summed E-state index contributed by atoms with van der Waals surface area (Å²) in [6.45, 7) is 3.86. The zero-order valence-corrected chi connectivity index (χ0v) is 11.4. The van der Waals surface area contributed by atoms with Crippen molar-refractivity contribution >= 4 is 0 Å². The van der Waals surface area contributed by atoms with Crippen LogP contribution in [0.4, 0.5) is 0 Å². The van der Waals surface area contributed by atoms with Gasteiger partial charge in [0.25, 0.3) is 0 Å². The Morgan fingerprint density at radius 1 is 1.20 bits per heavy atom. The summed E-state index contributed by atoms with van der Waals surface area (Å²) in [4.78, 5) is 4.08. The smallest absolute Gasteiger partial charge is 0.138 e. The Morgan fingerprint density at radius 2 is 2.00 bits per heavy atom. The summed E-state index contributed by atoms with van der Waals surface area (Å²) in [7, 11) is 0. The van der Waals surface area contributed by atoms with Gasteiger partial charge in [0, 0.05) is 11.8 Å². The van der Waals surface area contributed by atoms with E-state index in [0.717, 1.165) is 0 Å². The first kappa shape index (κ1) is 14.0. The number of pyridine rings is 1. The quantitative estimate of drug-likeness (QED) is 0.926. The minimum Gasteiger partial charge on any atom is -0.489 e. The van der Waals surface area contributed by atoms with Crippen molar-refractivity contribution in [1.82, 2.24) is 4.98 Å². The van der Waals surface area contributed by atoms with Crippen molar-refractivity contribution in [3.05, 3.63) is 59.4 Å². The minimum absolute atomic E-state index is 0.0473. The van der Waals surface area contributed by atoms with Crippen LogP contribution in [0.5, 0.6) is 5.75 Å². The molecule has 0 saturated carbocycles. The fourth-order valence-corrected chi connectivity index (χ4v) is 1.89. The summed E-state index contributed by atoms with van der Waals surface area (Å²) in [5.41, 5.74) is 1.81. The van der Waals surface area contributed by atoms with Crippen LogP contribution in [0.1, 0.15) is 36.6 Å². The van der Waals surface area contributed by atoms with E-state index in [1.54, 1.807) is 42.7 Å². The number of nitrogens with zero attached hydrogens (tertiary/aromatic N) is 2. The van der Waals surface area contributed by atoms with Gasteiger partial charge in [0.15, 0.2) is 0 Å². The number of rotatable bonds is 4. The maximum absolute atomic E-state index is 10.4. The van der Waals surface area contributed by atoms with Gasteiger partial charge in [-0.25, -0.2) is 0 Å². The third-order valence-electron chi connectivity index (χ3n) is 2.75. The molecular formula is C16H16N2O2. The molecule has 4 heteroatoms. The lowest BCUT2D eigenvalue weighted by molar-refractivity contribution is 0.215. The molecule has 20 heavy (non-hydrogen) atoms. The average molecular weight is 268 g/mol. The molecule has 0 bridgehead atoms. The molecule has 4 nitrogen and oxygen atoms in total. The van der Waals surface area contributed by atoms with Gasteiger partial charge in [-0.1, -0.05) is 12.1 Å². The van der Waals surface area contributed by atoms with E-state index in [2.05, 4.69) is 11.1 Å². The van der Waals surface area contributed by atoms with Crippen molar-refractivity contribution in [3.8, 4) is 11.8 Å². The third-order valence-corrected chi connectivity index (χ3v) is 2.75. The van der Waals surface area contributed by atoms with E-state index in [0.29, 0.717) is 22.4 Å². The van der Waals surface area contributed by atoms with Crippen LogP contribution < -0.4 is 4.74 Å². The second kappa shape index (κ2) is 6.18. The van der Waals surface area contributed by atoms with Crippen molar-refractivity contribution in [2.75, 3.05) is 0 Å². The summed E-state index contributed by atoms with van der Waals surface area (Å²) in [5.74, 6) is 0.619. The predicted molar refractivity (Wildman–Crippen MR) is 75.2 cm³/mol. The van der Waals surface area contributed by atoms with Crippen LogP contribution in [0.25, 0.3) is 0 Å². The van der Waals surface area contributed by atoms with Gasteiger partial charge < -0.3 is 9.84 Å². The van der Waals surface area contributed by atoms with Gasteiger partial charge in [0.1, 0.15) is 11.9 Å². The monoisotopic (exact) mass is 268 g/mol. The van der Waals surface area contributed by atoms with Crippen LogP contribution >= 0.6 is 0 Å². The van der Waals surface area contributed by atoms with Crippen molar-refractivity contribution in [2.45, 2.75) is 26.1 Å². The Hall–Kier alpha value is -2.38. The Bertz CT molecular complexity index is 632. The molecule has 1 heterocycles. The first-order valence-electron chi connectivity index (χ1n) is 6.40. The average Bonchev–Trinajstić information content (AvgIpc) is 2.46. The number of aliphatic hydroxyl groups excluding tert-OH is 1. The maximum Gasteiger partial charge on any atom is 0.138 e. The highest BCUT2D eigenvalue weighted by molar-refractivity contribution is 5.38. The van der Waals surface area contributed by atoms with Crippen molar-refractivity contribution in [2.24, 2.45) is 0 Å². The normalized spacial score (nSPS) is 11.9. The van der Waals surface area contributed by atoms with Gasteiger partial charge in [-0.2, -0.15) is 5.26 Å². The zero-order valence-electron chi connectivity index (χ0n) is 11.4. The molecule has 1 aromatic carbocycles. The van der Waals surface area contributed by atoms with E-state index in [9.17, 15) is 5.11 Å². The van der Waals surface area contributed by atoms with Crippen LogP contribution in [0.3, 0.4) is 0 Å². The molecule has 1 N–H and O–H groups in total. The number of hydrogen-bond acceptors (Lipinski definition) is 4. The van der Waals surface area contributed by atoms with E-state index in [1.807, 2.05) is 13.8 Å². The molecule has 0 radical (unpaired) electrons. The standard InChI is InChI=1S/C16H16N2O2/c1-11(2)20-15-7-14(9-18-10-15)16(19)13-5-3-4-12(6-13)8-17/h3-7,9-11,16,19H,1-2H3. The predicted octanol–water partition coefficient (Wildman–Crippen LogP) is 2.82. The van der Waals surface area contributed by atoms with Crippen LogP contribution in [0.2, 0.25) is 0 Å². The summed E-state index contributed by atoms with van der Waals surface area (Å²) in [6.07, 6.45) is 2.43. The summed E-state index contributed by atoms with van der Waals surface area (Å²) < 4.78 is 5.56. The molecular weight excluding hydrogens is 252 g/mol. The van der Waals surface area contributed by atoms with E-state index < -0.39 is 6.10 Å². The number of hydrogen-bond donors (Lipinski definition) is 1. The second-order valence-electron chi connectivity index (χ2n) is 4.76. The molecule has 2 aromatic rings. The van der Waals surface area contributed by atoms with Crippen LogP contribution in [0.15, 0.2) is 42.7 Å². The fourth-order valence-electron chi connectivity index (χ4n) is 1.89. The van der Waals surface area contributed by atoms with E-state index in [4.69, 9.17) is 10.00 Å². The number of aliphatic hydroxyl groups is 1. The Balaban J connectivity index is 2.28. The lowest BCUT2D eigenvalue weighted by Crippen LogP contribution is -2.07. The topological polar surface area (TPSA) is 66.1 Å². The first-order chi connectivity index (χ1) is 9.60. The van der Waals surface area contributed by atoms with Crippen molar-refractivity contribution < 1.29 is 9.84 Å². The van der Waals surface area contributed by atoms with E-state index in [-0.39, 0.29) is 6.10 Å². The highest BCUT2D eigenvalue weighted by Crippen LogP contribution is 2.25. The molecule has 0 spiro atoms. The van der Waals surface area contributed by atoms with Gasteiger partial charge in [-0.05, 0) is 37.6 Å². The largest absolute Gasteiger partial charge is 0.489 e. The minimum atomic E-state index is -0.827. The van der Waals surface area contributed by atoms with Crippen molar-refractivity contribution in [1.29, 1.82) is 5.26 Å². The third kappa shape index (κ3) is 3.34. The number of benzene rings is 1. The summed E-state index contributed by atoms with van der Waals surface area (Å²) in [5, 5.41) is 19.3. The molecule has 0 amide bonds. The van der Waals surface area contributed by atoms with Gasteiger partial charge in [0.05, 0.1) is 23.9 Å². The first-order valence-corrected chi connectivity index (χ1v) is 6.40. The lowest BCUT2D eigenvalue weighted by atomic mass is 10.0. The highest BCUT2D eigenvalue weighted by atomic mass is 16.5. The molecule has 1 aromatic heterocycles. The van der Waals surface area contributed by atoms with Gasteiger partial charge >= 0.3 is 0 Å². The Kier molecular flexibility index (Phi) is 4.34. The molecule has 0 aliphatic heterocycles. The number of aromatic nitrogens is 1. The lowest BCUT2D eigenvalue weighted by Gasteiger charge is -2.14. The molecule has 0 saturated heterocycles. The number of nitriles is 1. The fraction of sp³-hybridized carbons (Fsp3) is 0.250. The highest BCUT2D eigenvalue weighted by Gasteiger charge is 2.12. The molecule has 1 atom stereocenters. The Morgan fingerprint density at radius 3 is 2.70 bits per heavy atom. The van der Waals surface area contributed by atoms with Crippen LogP contribution in [0, 0.1) is 11.3 Å². The van der Waals surface area contributed by atoms with Crippen LogP contribution in [-0.4, -0.2) is 16.2 Å².